The van der Waals surface area contributed by atoms with Crippen LogP contribution in [0.25, 0.3) is 0 Å². The molecular weight excluding hydrogens is 234 g/mol. The third kappa shape index (κ3) is 3.84. The van der Waals surface area contributed by atoms with E-state index in [9.17, 15) is 9.59 Å². The smallest absolute Gasteiger partial charge is 0.305 e. The maximum Gasteiger partial charge on any atom is 0.305 e. The number of methoxy groups -OCH3 is 1. The zero-order chi connectivity index (χ0) is 13.8. The number of hydrogen-bond acceptors (Lipinski definition) is 3. The number of amides is 1. The molecule has 102 valence electrons. The van der Waals surface area contributed by atoms with E-state index in [1.54, 1.807) is 6.92 Å². The molecule has 0 bridgehead atoms. The van der Waals surface area contributed by atoms with Crippen molar-refractivity contribution in [2.24, 2.45) is 0 Å². The van der Waals surface area contributed by atoms with Crippen molar-refractivity contribution in [3.8, 4) is 0 Å². The van der Waals surface area contributed by atoms with E-state index in [0.29, 0.717) is 0 Å². The van der Waals surface area contributed by atoms with Gasteiger partial charge in [0.15, 0.2) is 0 Å². The molecule has 0 saturated carbocycles. The van der Waals surface area contributed by atoms with Crippen LogP contribution in [0.5, 0.6) is 0 Å². The number of carbonyl (C=O) groups excluding carboxylic acids is 1. The number of carbonyl (C=O) groups is 2. The van der Waals surface area contributed by atoms with Gasteiger partial charge in [-0.15, -0.1) is 0 Å². The van der Waals surface area contributed by atoms with Crippen LogP contribution >= 0.6 is 0 Å². The van der Waals surface area contributed by atoms with E-state index in [1.807, 2.05) is 6.92 Å². The number of nitrogens with one attached hydrogen (secondary N) is 1. The molecule has 0 radical (unpaired) electrons. The van der Waals surface area contributed by atoms with Crippen molar-refractivity contribution in [3.63, 3.8) is 0 Å². The molecule has 1 aliphatic rings. The van der Waals surface area contributed by atoms with Gasteiger partial charge in [0, 0.05) is 12.7 Å². The van der Waals surface area contributed by atoms with Crippen molar-refractivity contribution in [2.75, 3.05) is 13.7 Å². The molecule has 1 rings (SSSR count). The van der Waals surface area contributed by atoms with Gasteiger partial charge in [0.2, 0.25) is 5.91 Å². The Morgan fingerprint density at radius 3 is 2.56 bits per heavy atom. The first-order valence-electron chi connectivity index (χ1n) is 6.10. The van der Waals surface area contributed by atoms with E-state index in [4.69, 9.17) is 9.84 Å². The van der Waals surface area contributed by atoms with Gasteiger partial charge in [-0.3, -0.25) is 9.59 Å². The maximum atomic E-state index is 12.1. The van der Waals surface area contributed by atoms with E-state index in [2.05, 4.69) is 5.32 Å². The van der Waals surface area contributed by atoms with Crippen LogP contribution in [-0.4, -0.2) is 36.2 Å². The quantitative estimate of drug-likeness (QED) is 0.754. The van der Waals surface area contributed by atoms with Gasteiger partial charge < -0.3 is 15.2 Å². The van der Waals surface area contributed by atoms with E-state index < -0.39 is 11.5 Å². The monoisotopic (exact) mass is 255 g/mol. The van der Waals surface area contributed by atoms with Gasteiger partial charge >= 0.3 is 5.97 Å². The Hall–Kier alpha value is -1.36. The molecule has 1 aliphatic carbocycles. The number of allylic oxidation sites excluding steroid dienone is 1. The first-order valence-corrected chi connectivity index (χ1v) is 6.10. The molecule has 0 aromatic carbocycles. The lowest BCUT2D eigenvalue weighted by Gasteiger charge is -2.28. The molecule has 1 atom stereocenters. The van der Waals surface area contributed by atoms with Gasteiger partial charge in [-0.25, -0.2) is 0 Å². The zero-order valence-electron chi connectivity index (χ0n) is 11.2. The summed E-state index contributed by atoms with van der Waals surface area (Å²) in [6.07, 6.45) is 2.56. The Bertz CT molecular complexity index is 375. The molecule has 2 N–H and O–H groups in total. The fourth-order valence-corrected chi connectivity index (χ4v) is 2.34. The molecule has 0 aliphatic heterocycles. The van der Waals surface area contributed by atoms with Crippen molar-refractivity contribution >= 4 is 11.9 Å². The van der Waals surface area contributed by atoms with Gasteiger partial charge in [0.05, 0.1) is 18.6 Å². The van der Waals surface area contributed by atoms with Crippen LogP contribution in [-0.2, 0) is 14.3 Å². The standard InChI is InChI=1S/C13H21NO4/c1-9-5-4-6-10(9)12(17)14-13(2,8-18-3)7-11(15)16/h4-8H2,1-3H3,(H,14,17)(H,15,16). The van der Waals surface area contributed by atoms with Crippen molar-refractivity contribution in [1.82, 2.24) is 5.32 Å². The van der Waals surface area contributed by atoms with E-state index in [-0.39, 0.29) is 18.9 Å². The molecule has 1 amide bonds. The molecule has 0 saturated heterocycles. The molecule has 5 nitrogen and oxygen atoms in total. The van der Waals surface area contributed by atoms with Gasteiger partial charge in [-0.1, -0.05) is 5.57 Å². The molecule has 0 spiro atoms. The second-order valence-corrected chi connectivity index (χ2v) is 5.13. The van der Waals surface area contributed by atoms with Crippen LogP contribution in [0.1, 0.15) is 39.5 Å². The third-order valence-electron chi connectivity index (χ3n) is 3.19. The zero-order valence-corrected chi connectivity index (χ0v) is 11.2. The first-order chi connectivity index (χ1) is 8.38. The van der Waals surface area contributed by atoms with Crippen LogP contribution in [0.4, 0.5) is 0 Å². The van der Waals surface area contributed by atoms with Crippen molar-refractivity contribution in [1.29, 1.82) is 0 Å². The summed E-state index contributed by atoms with van der Waals surface area (Å²) in [4.78, 5) is 22.9. The Labute approximate surface area is 107 Å². The minimum absolute atomic E-state index is 0.154. The van der Waals surface area contributed by atoms with E-state index in [0.717, 1.165) is 30.4 Å². The largest absolute Gasteiger partial charge is 0.481 e. The summed E-state index contributed by atoms with van der Waals surface area (Å²) in [5.74, 6) is -1.11. The van der Waals surface area contributed by atoms with Gasteiger partial charge in [0.25, 0.3) is 0 Å². The topological polar surface area (TPSA) is 75.6 Å². The average Bonchev–Trinajstić information content (AvgIpc) is 2.62. The summed E-state index contributed by atoms with van der Waals surface area (Å²) in [7, 11) is 1.49. The number of carboxylic acids is 1. The second kappa shape index (κ2) is 6.00. The van der Waals surface area contributed by atoms with Crippen molar-refractivity contribution < 1.29 is 19.4 Å². The summed E-state index contributed by atoms with van der Waals surface area (Å²) in [5, 5.41) is 11.7. The highest BCUT2D eigenvalue weighted by Crippen LogP contribution is 2.26. The first kappa shape index (κ1) is 14.7. The third-order valence-corrected chi connectivity index (χ3v) is 3.19. The van der Waals surface area contributed by atoms with Gasteiger partial charge in [-0.05, 0) is 33.1 Å². The molecule has 0 heterocycles. The molecule has 5 heteroatoms. The minimum Gasteiger partial charge on any atom is -0.481 e. The van der Waals surface area contributed by atoms with Crippen LogP contribution in [0.3, 0.4) is 0 Å². The lowest BCUT2D eigenvalue weighted by atomic mass is 9.98. The number of rotatable bonds is 6. The van der Waals surface area contributed by atoms with Crippen molar-refractivity contribution in [2.45, 2.75) is 45.1 Å². The fraction of sp³-hybridized carbons (Fsp3) is 0.692. The van der Waals surface area contributed by atoms with Crippen LogP contribution in [0.2, 0.25) is 0 Å². The molecule has 1 unspecified atom stereocenters. The Balaban J connectivity index is 2.74. The molecular formula is C13H21NO4. The van der Waals surface area contributed by atoms with E-state index in [1.165, 1.54) is 7.11 Å². The minimum atomic E-state index is -0.952. The summed E-state index contributed by atoms with van der Waals surface area (Å²) in [6, 6.07) is 0. The highest BCUT2D eigenvalue weighted by Gasteiger charge is 2.31. The predicted octanol–water partition coefficient (Wildman–Crippen LogP) is 1.48. The second-order valence-electron chi connectivity index (χ2n) is 5.13. The lowest BCUT2D eigenvalue weighted by Crippen LogP contribution is -2.51. The maximum absolute atomic E-state index is 12.1. The highest BCUT2D eigenvalue weighted by molar-refractivity contribution is 5.95. The normalized spacial score (nSPS) is 18.6. The summed E-state index contributed by atoms with van der Waals surface area (Å²) in [6.45, 7) is 3.82. The summed E-state index contributed by atoms with van der Waals surface area (Å²) < 4.78 is 5.00. The number of hydrogen-bond donors (Lipinski definition) is 2. The molecule has 0 aromatic rings. The SMILES string of the molecule is COCC(C)(CC(=O)O)NC(=O)C1=C(C)CCC1. The Morgan fingerprint density at radius 2 is 2.11 bits per heavy atom. The van der Waals surface area contributed by atoms with Crippen LogP contribution < -0.4 is 5.32 Å². The average molecular weight is 255 g/mol. The lowest BCUT2D eigenvalue weighted by molar-refractivity contribution is -0.139. The Morgan fingerprint density at radius 1 is 1.44 bits per heavy atom. The fourth-order valence-electron chi connectivity index (χ4n) is 2.34. The predicted molar refractivity (Wildman–Crippen MR) is 67.2 cm³/mol. The number of ether oxygens (including phenoxy) is 1. The number of carboxylic acid groups (broad SMARTS) is 1. The van der Waals surface area contributed by atoms with Crippen LogP contribution in [0, 0.1) is 0 Å². The van der Waals surface area contributed by atoms with Gasteiger partial charge in [-0.2, -0.15) is 0 Å². The molecule has 18 heavy (non-hydrogen) atoms. The Kier molecular flexibility index (Phi) is 4.90. The van der Waals surface area contributed by atoms with Crippen LogP contribution in [0.15, 0.2) is 11.1 Å². The van der Waals surface area contributed by atoms with Crippen molar-refractivity contribution in [3.05, 3.63) is 11.1 Å². The summed E-state index contributed by atoms with van der Waals surface area (Å²) >= 11 is 0. The highest BCUT2D eigenvalue weighted by atomic mass is 16.5. The van der Waals surface area contributed by atoms with Gasteiger partial charge in [0.1, 0.15) is 0 Å². The molecule has 0 fully saturated rings. The molecule has 0 aromatic heterocycles. The number of aliphatic carboxylic acids is 1. The summed E-state index contributed by atoms with van der Waals surface area (Å²) in [5.41, 5.74) is 1.03. The van der Waals surface area contributed by atoms with E-state index >= 15 is 0 Å².